The number of para-hydroxylation sites is 2. The van der Waals surface area contributed by atoms with Crippen LogP contribution in [0.4, 0.5) is 5.82 Å². The van der Waals surface area contributed by atoms with Crippen LogP contribution in [0.25, 0.3) is 11.0 Å². The largest absolute Gasteiger partial charge is 0.710 e. The molecule has 0 aliphatic heterocycles. The van der Waals surface area contributed by atoms with Crippen LogP contribution in [0.2, 0.25) is 0 Å². The Kier molecular flexibility index (Phi) is 1.45. The highest BCUT2D eigenvalue weighted by molar-refractivity contribution is 5.67. The highest BCUT2D eigenvalue weighted by Crippen LogP contribution is 2.04. The van der Waals surface area contributed by atoms with E-state index in [-0.39, 0.29) is 11.3 Å². The first-order valence-electron chi connectivity index (χ1n) is 3.70. The molecule has 0 radical (unpaired) electrons. The predicted molar refractivity (Wildman–Crippen MR) is 46.3 cm³/mol. The topological polar surface area (TPSA) is 79.9 Å². The smallest absolute Gasteiger partial charge is 0.342 e. The van der Waals surface area contributed by atoms with E-state index in [0.29, 0.717) is 15.0 Å². The van der Waals surface area contributed by atoms with Crippen LogP contribution in [-0.2, 0) is 0 Å². The predicted octanol–water partition coefficient (Wildman–Crippen LogP) is -0.311. The third kappa shape index (κ3) is 1.01. The molecule has 1 aromatic heterocycles. The lowest BCUT2D eigenvalue weighted by atomic mass is 10.3. The van der Waals surface area contributed by atoms with Crippen molar-refractivity contribution in [3.8, 4) is 0 Å². The molecule has 2 N–H and O–H groups in total. The first kappa shape index (κ1) is 7.60. The van der Waals surface area contributed by atoms with Crippen LogP contribution in [0.3, 0.4) is 0 Å². The van der Waals surface area contributed by atoms with Crippen LogP contribution in [0.1, 0.15) is 0 Å². The molecule has 13 heavy (non-hydrogen) atoms. The van der Waals surface area contributed by atoms with Crippen LogP contribution in [0.5, 0.6) is 0 Å². The molecule has 0 aliphatic rings. The molecule has 1 heterocycles. The fourth-order valence-electron chi connectivity index (χ4n) is 1.20. The molecule has 0 fully saturated rings. The van der Waals surface area contributed by atoms with Crippen molar-refractivity contribution in [2.75, 3.05) is 5.73 Å². The molecule has 66 valence electrons. The minimum absolute atomic E-state index is 0.103. The molecule has 5 heteroatoms. The molecule has 2 rings (SSSR count). The number of nitrogens with two attached hydrogens (primary N) is 1. The van der Waals surface area contributed by atoms with E-state index in [1.807, 2.05) is 0 Å². The molecule has 0 aliphatic carbocycles. The first-order valence-corrected chi connectivity index (χ1v) is 3.70. The van der Waals surface area contributed by atoms with E-state index < -0.39 is 0 Å². The van der Waals surface area contributed by atoms with Gasteiger partial charge in [-0.3, -0.25) is 5.73 Å². The summed E-state index contributed by atoms with van der Waals surface area (Å²) in [5, 5.41) is 22.6. The van der Waals surface area contributed by atoms with Crippen LogP contribution in [0.15, 0.2) is 30.5 Å². The summed E-state index contributed by atoms with van der Waals surface area (Å²) in [6.07, 6.45) is 1.05. The summed E-state index contributed by atoms with van der Waals surface area (Å²) >= 11 is 0. The fraction of sp³-hybridized carbons (Fsp3) is 0. The number of fused-ring (bicyclic) bond motifs is 1. The van der Waals surface area contributed by atoms with Crippen molar-refractivity contribution < 1.29 is 9.46 Å². The monoisotopic (exact) mass is 177 g/mol. The van der Waals surface area contributed by atoms with Gasteiger partial charge in [-0.25, -0.2) is 4.73 Å². The second-order valence-electron chi connectivity index (χ2n) is 2.66. The number of hydrogen-bond donors (Lipinski definition) is 1. The van der Waals surface area contributed by atoms with Gasteiger partial charge in [0.15, 0.2) is 0 Å². The lowest BCUT2D eigenvalue weighted by molar-refractivity contribution is -0.618. The standard InChI is InChI=1S/C8H7N3O2/c9-8-5-10(12)6-3-1-2-4-7(6)11(8)13/h1-5H,9H2. The zero-order valence-corrected chi connectivity index (χ0v) is 6.68. The maximum Gasteiger partial charge on any atom is 0.342 e. The van der Waals surface area contributed by atoms with E-state index in [1.54, 1.807) is 24.3 Å². The quantitative estimate of drug-likeness (QED) is 0.442. The van der Waals surface area contributed by atoms with Crippen molar-refractivity contribution in [3.05, 3.63) is 40.9 Å². The van der Waals surface area contributed by atoms with Crippen molar-refractivity contribution >= 4 is 16.9 Å². The van der Waals surface area contributed by atoms with E-state index >= 15 is 0 Å². The van der Waals surface area contributed by atoms with Crippen LogP contribution in [-0.4, -0.2) is 0 Å². The Morgan fingerprint density at radius 3 is 2.38 bits per heavy atom. The summed E-state index contributed by atoms with van der Waals surface area (Å²) in [6.45, 7) is 0. The van der Waals surface area contributed by atoms with Gasteiger partial charge in [0.1, 0.15) is 0 Å². The maximum atomic E-state index is 11.3. The van der Waals surface area contributed by atoms with Crippen molar-refractivity contribution in [3.63, 3.8) is 0 Å². The third-order valence-corrected chi connectivity index (χ3v) is 1.82. The molecule has 0 bridgehead atoms. The van der Waals surface area contributed by atoms with Gasteiger partial charge in [-0.05, 0) is 6.07 Å². The fourth-order valence-corrected chi connectivity index (χ4v) is 1.20. The van der Waals surface area contributed by atoms with E-state index in [9.17, 15) is 10.4 Å². The van der Waals surface area contributed by atoms with Crippen LogP contribution >= 0.6 is 0 Å². The highest BCUT2D eigenvalue weighted by atomic mass is 16.5. The van der Waals surface area contributed by atoms with E-state index in [2.05, 4.69) is 0 Å². The number of nitrogen functional groups attached to an aromatic ring is 1. The molecule has 2 aromatic rings. The van der Waals surface area contributed by atoms with Crippen LogP contribution < -0.4 is 15.2 Å². The second-order valence-corrected chi connectivity index (χ2v) is 2.66. The van der Waals surface area contributed by atoms with Gasteiger partial charge in [0.25, 0.3) is 11.7 Å². The number of aromatic nitrogens is 2. The number of hydrogen-bond acceptors (Lipinski definition) is 3. The lowest BCUT2D eigenvalue weighted by Crippen LogP contribution is -2.40. The van der Waals surface area contributed by atoms with E-state index in [1.165, 1.54) is 0 Å². The maximum absolute atomic E-state index is 11.3. The van der Waals surface area contributed by atoms with Crippen molar-refractivity contribution in [1.82, 2.24) is 0 Å². The van der Waals surface area contributed by atoms with Gasteiger partial charge in [0, 0.05) is 6.07 Å². The van der Waals surface area contributed by atoms with Crippen molar-refractivity contribution in [2.45, 2.75) is 0 Å². The van der Waals surface area contributed by atoms with Gasteiger partial charge < -0.3 is 10.4 Å². The average Bonchev–Trinajstić information content (AvgIpc) is 2.15. The number of nitrogens with zero attached hydrogens (tertiary/aromatic N) is 2. The van der Waals surface area contributed by atoms with Crippen LogP contribution in [0, 0.1) is 10.4 Å². The van der Waals surface area contributed by atoms with E-state index in [4.69, 9.17) is 5.73 Å². The molecule has 5 nitrogen and oxygen atoms in total. The average molecular weight is 177 g/mol. The Labute approximate surface area is 73.8 Å². The van der Waals surface area contributed by atoms with Crippen molar-refractivity contribution in [2.24, 2.45) is 0 Å². The third-order valence-electron chi connectivity index (χ3n) is 1.82. The first-order chi connectivity index (χ1) is 6.20. The van der Waals surface area contributed by atoms with Gasteiger partial charge in [-0.1, -0.05) is 12.1 Å². The Hall–Kier alpha value is -2.04. The minimum atomic E-state index is -0.103. The van der Waals surface area contributed by atoms with Gasteiger partial charge in [0.2, 0.25) is 5.52 Å². The minimum Gasteiger partial charge on any atom is -0.710 e. The Morgan fingerprint density at radius 1 is 1.08 bits per heavy atom. The second kappa shape index (κ2) is 2.48. The number of anilines is 1. The summed E-state index contributed by atoms with van der Waals surface area (Å²) in [4.78, 5) is 0. The number of benzene rings is 1. The van der Waals surface area contributed by atoms with E-state index in [0.717, 1.165) is 6.20 Å². The molecule has 0 saturated carbocycles. The van der Waals surface area contributed by atoms with Gasteiger partial charge in [0.05, 0.1) is 0 Å². The molecule has 0 spiro atoms. The summed E-state index contributed by atoms with van der Waals surface area (Å²) in [6, 6.07) is 6.48. The van der Waals surface area contributed by atoms with Gasteiger partial charge >= 0.3 is 5.82 Å². The number of rotatable bonds is 0. The highest BCUT2D eigenvalue weighted by Gasteiger charge is 2.11. The molecular weight excluding hydrogens is 170 g/mol. The van der Waals surface area contributed by atoms with Gasteiger partial charge in [-0.2, -0.15) is 4.73 Å². The molecule has 1 aromatic carbocycles. The zero-order valence-electron chi connectivity index (χ0n) is 6.68. The zero-order chi connectivity index (χ0) is 9.42. The molecule has 0 unspecified atom stereocenters. The molecular formula is C8H7N3O2. The summed E-state index contributed by atoms with van der Waals surface area (Å²) < 4.78 is 1.11. The lowest BCUT2D eigenvalue weighted by Gasteiger charge is -2.07. The summed E-state index contributed by atoms with van der Waals surface area (Å²) in [7, 11) is 0. The Morgan fingerprint density at radius 2 is 1.69 bits per heavy atom. The summed E-state index contributed by atoms with van der Waals surface area (Å²) in [5.74, 6) is -0.103. The summed E-state index contributed by atoms with van der Waals surface area (Å²) in [5.41, 5.74) is 5.90. The Bertz CT molecular complexity index is 470. The van der Waals surface area contributed by atoms with Gasteiger partial charge in [-0.15, -0.1) is 0 Å². The molecule has 0 saturated heterocycles. The SMILES string of the molecule is Nc1c[n+]([O-])c2ccccc2[n+]1[O-]. The Balaban J connectivity index is 2.97. The molecule has 0 amide bonds. The molecule has 0 atom stereocenters. The normalized spacial score (nSPS) is 10.5. The van der Waals surface area contributed by atoms with Crippen molar-refractivity contribution in [1.29, 1.82) is 0 Å².